The van der Waals surface area contributed by atoms with Gasteiger partial charge in [-0.25, -0.2) is 18.4 Å². The van der Waals surface area contributed by atoms with E-state index in [4.69, 9.17) is 5.73 Å². The van der Waals surface area contributed by atoms with E-state index in [1.54, 1.807) is 18.3 Å². The van der Waals surface area contributed by atoms with Gasteiger partial charge in [-0.05, 0) is 56.4 Å². The summed E-state index contributed by atoms with van der Waals surface area (Å²) in [6.07, 6.45) is 5.45. The third-order valence-corrected chi connectivity index (χ3v) is 6.45. The molecule has 1 unspecified atom stereocenters. The molecular weight excluding hydrogens is 442 g/mol. The standard InChI is InChI=1S/C24H24F2N6O2/c25-18-8-7-16(11-19(18)26)32-20-5-1-4-17(20)22(30-32)24(34)29-15-6-9-21(28-12-15)31-10-2-3-14(13-31)23(27)33/h6-9,11-12,14H,1-5,10,13H2,(H2,27,33)(H,29,34). The number of piperidine rings is 1. The molecule has 34 heavy (non-hydrogen) atoms. The first-order valence-electron chi connectivity index (χ1n) is 11.3. The zero-order valence-corrected chi connectivity index (χ0v) is 18.4. The van der Waals surface area contributed by atoms with Crippen molar-refractivity contribution in [3.63, 3.8) is 0 Å². The lowest BCUT2D eigenvalue weighted by molar-refractivity contribution is -0.122. The average Bonchev–Trinajstić information content (AvgIpc) is 3.44. The number of aromatic nitrogens is 3. The van der Waals surface area contributed by atoms with Crippen molar-refractivity contribution >= 4 is 23.3 Å². The number of benzene rings is 1. The third-order valence-electron chi connectivity index (χ3n) is 6.45. The number of carbonyl (C=O) groups excluding carboxylic acids is 2. The van der Waals surface area contributed by atoms with Crippen molar-refractivity contribution in [1.82, 2.24) is 14.8 Å². The lowest BCUT2D eigenvalue weighted by Gasteiger charge is -2.32. The van der Waals surface area contributed by atoms with Gasteiger partial charge in [0.25, 0.3) is 5.91 Å². The quantitative estimate of drug-likeness (QED) is 0.601. The van der Waals surface area contributed by atoms with E-state index in [-0.39, 0.29) is 23.4 Å². The third kappa shape index (κ3) is 4.11. The van der Waals surface area contributed by atoms with Crippen LogP contribution in [0, 0.1) is 17.6 Å². The monoisotopic (exact) mass is 466 g/mol. The number of hydrogen-bond acceptors (Lipinski definition) is 5. The Bertz CT molecular complexity index is 1260. The molecule has 10 heteroatoms. The molecule has 1 saturated heterocycles. The largest absolute Gasteiger partial charge is 0.369 e. The van der Waals surface area contributed by atoms with Crippen LogP contribution in [0.4, 0.5) is 20.3 Å². The van der Waals surface area contributed by atoms with Crippen molar-refractivity contribution in [2.24, 2.45) is 11.7 Å². The van der Waals surface area contributed by atoms with Gasteiger partial charge in [0.2, 0.25) is 5.91 Å². The van der Waals surface area contributed by atoms with E-state index in [9.17, 15) is 18.4 Å². The Morgan fingerprint density at radius 1 is 1.09 bits per heavy atom. The molecule has 176 valence electrons. The number of primary amides is 1. The van der Waals surface area contributed by atoms with Crippen molar-refractivity contribution in [2.45, 2.75) is 32.1 Å². The van der Waals surface area contributed by atoms with Crippen LogP contribution < -0.4 is 16.0 Å². The summed E-state index contributed by atoms with van der Waals surface area (Å²) >= 11 is 0. The van der Waals surface area contributed by atoms with Crippen molar-refractivity contribution in [2.75, 3.05) is 23.3 Å². The van der Waals surface area contributed by atoms with E-state index in [1.165, 1.54) is 10.7 Å². The number of nitrogens with two attached hydrogens (primary N) is 1. The predicted molar refractivity (Wildman–Crippen MR) is 122 cm³/mol. The number of pyridine rings is 1. The van der Waals surface area contributed by atoms with E-state index in [1.807, 2.05) is 4.90 Å². The van der Waals surface area contributed by atoms with Crippen LogP contribution in [0.5, 0.6) is 0 Å². The molecule has 0 bridgehead atoms. The topological polar surface area (TPSA) is 106 Å². The van der Waals surface area contributed by atoms with E-state index in [0.717, 1.165) is 49.2 Å². The highest BCUT2D eigenvalue weighted by Crippen LogP contribution is 2.29. The number of amides is 2. The molecule has 1 fully saturated rings. The molecule has 0 saturated carbocycles. The van der Waals surface area contributed by atoms with E-state index in [2.05, 4.69) is 15.4 Å². The van der Waals surface area contributed by atoms with Gasteiger partial charge in [0, 0.05) is 30.4 Å². The van der Waals surface area contributed by atoms with E-state index in [0.29, 0.717) is 36.6 Å². The zero-order chi connectivity index (χ0) is 23.8. The summed E-state index contributed by atoms with van der Waals surface area (Å²) in [5, 5.41) is 7.25. The minimum atomic E-state index is -0.965. The summed E-state index contributed by atoms with van der Waals surface area (Å²) in [4.78, 5) is 31.0. The van der Waals surface area contributed by atoms with Crippen LogP contribution in [0.3, 0.4) is 0 Å². The maximum absolute atomic E-state index is 13.8. The van der Waals surface area contributed by atoms with Crippen LogP contribution in [0.15, 0.2) is 36.5 Å². The van der Waals surface area contributed by atoms with Crippen LogP contribution in [0.2, 0.25) is 0 Å². The average molecular weight is 466 g/mol. The molecule has 2 amide bonds. The number of anilines is 2. The Hall–Kier alpha value is -3.82. The Labute approximate surface area is 194 Å². The van der Waals surface area contributed by atoms with Gasteiger partial charge in [-0.1, -0.05) is 0 Å². The number of fused-ring (bicyclic) bond motifs is 1. The summed E-state index contributed by atoms with van der Waals surface area (Å²) in [6.45, 7) is 1.32. The van der Waals surface area contributed by atoms with Crippen molar-refractivity contribution in [3.05, 3.63) is 65.1 Å². The molecule has 1 atom stereocenters. The van der Waals surface area contributed by atoms with Gasteiger partial charge in [0.05, 0.1) is 23.5 Å². The predicted octanol–water partition coefficient (Wildman–Crippen LogP) is 2.99. The first-order valence-corrected chi connectivity index (χ1v) is 11.3. The molecule has 3 N–H and O–H groups in total. The molecule has 3 aromatic rings. The maximum Gasteiger partial charge on any atom is 0.276 e. The van der Waals surface area contributed by atoms with Crippen LogP contribution in [-0.2, 0) is 17.6 Å². The Kier molecular flexibility index (Phi) is 5.72. The molecule has 1 aromatic carbocycles. The fraction of sp³-hybridized carbons (Fsp3) is 0.333. The first kappa shape index (κ1) is 22.0. The Morgan fingerprint density at radius 2 is 1.94 bits per heavy atom. The van der Waals surface area contributed by atoms with Crippen molar-refractivity contribution in [3.8, 4) is 5.69 Å². The number of carbonyl (C=O) groups is 2. The maximum atomic E-state index is 13.8. The van der Waals surface area contributed by atoms with Gasteiger partial charge in [-0.3, -0.25) is 9.59 Å². The summed E-state index contributed by atoms with van der Waals surface area (Å²) in [5.41, 5.74) is 8.25. The van der Waals surface area contributed by atoms with Gasteiger partial charge < -0.3 is 16.0 Å². The molecule has 1 aliphatic heterocycles. The number of halogens is 2. The van der Waals surface area contributed by atoms with Gasteiger partial charge in [-0.15, -0.1) is 0 Å². The molecule has 1 aliphatic carbocycles. The van der Waals surface area contributed by atoms with Crippen LogP contribution in [0.25, 0.3) is 5.69 Å². The van der Waals surface area contributed by atoms with Gasteiger partial charge in [0.1, 0.15) is 5.82 Å². The zero-order valence-electron chi connectivity index (χ0n) is 18.4. The fourth-order valence-corrected chi connectivity index (χ4v) is 4.70. The SMILES string of the molecule is NC(=O)C1CCCN(c2ccc(NC(=O)c3nn(-c4ccc(F)c(F)c4)c4c3CCC4)cn2)C1. The van der Waals surface area contributed by atoms with Crippen molar-refractivity contribution in [1.29, 1.82) is 0 Å². The smallest absolute Gasteiger partial charge is 0.276 e. The number of nitrogens with one attached hydrogen (secondary N) is 1. The van der Waals surface area contributed by atoms with Crippen LogP contribution >= 0.6 is 0 Å². The van der Waals surface area contributed by atoms with E-state index < -0.39 is 11.6 Å². The summed E-state index contributed by atoms with van der Waals surface area (Å²) < 4.78 is 28.7. The number of nitrogens with zero attached hydrogens (tertiary/aromatic N) is 4. The second-order valence-corrected chi connectivity index (χ2v) is 8.68. The second-order valence-electron chi connectivity index (χ2n) is 8.68. The normalized spacial score (nSPS) is 17.5. The van der Waals surface area contributed by atoms with Gasteiger partial charge in [-0.2, -0.15) is 5.10 Å². The Balaban J connectivity index is 1.34. The summed E-state index contributed by atoms with van der Waals surface area (Å²) in [6, 6.07) is 7.12. The fourth-order valence-electron chi connectivity index (χ4n) is 4.70. The highest BCUT2D eigenvalue weighted by Gasteiger charge is 2.28. The van der Waals surface area contributed by atoms with Gasteiger partial charge >= 0.3 is 0 Å². The van der Waals surface area contributed by atoms with Gasteiger partial charge in [0.15, 0.2) is 17.3 Å². The molecule has 5 rings (SSSR count). The highest BCUT2D eigenvalue weighted by atomic mass is 19.2. The summed E-state index contributed by atoms with van der Waals surface area (Å²) in [5.74, 6) is -2.07. The molecule has 0 spiro atoms. The van der Waals surface area contributed by atoms with Crippen molar-refractivity contribution < 1.29 is 18.4 Å². The molecule has 3 heterocycles. The first-order chi connectivity index (χ1) is 16.4. The molecule has 8 nitrogen and oxygen atoms in total. The lowest BCUT2D eigenvalue weighted by atomic mass is 9.97. The minimum Gasteiger partial charge on any atom is -0.369 e. The lowest BCUT2D eigenvalue weighted by Crippen LogP contribution is -2.41. The Morgan fingerprint density at radius 3 is 2.68 bits per heavy atom. The molecule has 0 radical (unpaired) electrons. The summed E-state index contributed by atoms with van der Waals surface area (Å²) in [7, 11) is 0. The van der Waals surface area contributed by atoms with E-state index >= 15 is 0 Å². The highest BCUT2D eigenvalue weighted by molar-refractivity contribution is 6.04. The van der Waals surface area contributed by atoms with Crippen LogP contribution in [-0.4, -0.2) is 39.7 Å². The minimum absolute atomic E-state index is 0.193. The number of rotatable bonds is 5. The van der Waals surface area contributed by atoms with Crippen LogP contribution in [0.1, 0.15) is 41.0 Å². The number of hydrogen-bond donors (Lipinski definition) is 2. The second kappa shape index (κ2) is 8.85. The molecule has 2 aromatic heterocycles. The molecular formula is C24H24F2N6O2. The molecule has 2 aliphatic rings.